The molecule has 0 saturated carbocycles. The van der Waals surface area contributed by atoms with Gasteiger partial charge in [-0.15, -0.1) is 0 Å². The fourth-order valence-electron chi connectivity index (χ4n) is 1.87. The molecule has 0 radical (unpaired) electrons. The SMILES string of the molecule is CCCOCCC(CNC)c1cccc(Br)c1. The monoisotopic (exact) mass is 299 g/mol. The Morgan fingerprint density at radius 2 is 2.18 bits per heavy atom. The highest BCUT2D eigenvalue weighted by molar-refractivity contribution is 9.10. The van der Waals surface area contributed by atoms with Crippen LogP contribution in [0.25, 0.3) is 0 Å². The molecule has 0 spiro atoms. The highest BCUT2D eigenvalue weighted by Crippen LogP contribution is 2.22. The van der Waals surface area contributed by atoms with Gasteiger partial charge in [-0.25, -0.2) is 0 Å². The minimum Gasteiger partial charge on any atom is -0.381 e. The summed E-state index contributed by atoms with van der Waals surface area (Å²) in [6, 6.07) is 8.54. The van der Waals surface area contributed by atoms with Crippen LogP contribution in [-0.4, -0.2) is 26.8 Å². The molecular weight excluding hydrogens is 278 g/mol. The first-order chi connectivity index (χ1) is 8.27. The van der Waals surface area contributed by atoms with Crippen LogP contribution < -0.4 is 5.32 Å². The molecule has 0 amide bonds. The van der Waals surface area contributed by atoms with Gasteiger partial charge in [0.05, 0.1) is 0 Å². The van der Waals surface area contributed by atoms with Crippen LogP contribution in [-0.2, 0) is 4.74 Å². The van der Waals surface area contributed by atoms with Crippen LogP contribution in [0.15, 0.2) is 28.7 Å². The molecule has 96 valence electrons. The van der Waals surface area contributed by atoms with Gasteiger partial charge in [-0.2, -0.15) is 0 Å². The van der Waals surface area contributed by atoms with Crippen molar-refractivity contribution in [2.75, 3.05) is 26.8 Å². The molecule has 0 aliphatic carbocycles. The molecule has 1 aromatic rings. The molecule has 0 aromatic heterocycles. The first kappa shape index (κ1) is 14.7. The van der Waals surface area contributed by atoms with E-state index in [1.165, 1.54) is 5.56 Å². The molecule has 1 aromatic carbocycles. The Morgan fingerprint density at radius 3 is 2.82 bits per heavy atom. The summed E-state index contributed by atoms with van der Waals surface area (Å²) in [5, 5.41) is 3.26. The number of halogens is 1. The maximum atomic E-state index is 5.57. The predicted octanol–water partition coefficient (Wildman–Crippen LogP) is 3.57. The maximum absolute atomic E-state index is 5.57. The van der Waals surface area contributed by atoms with E-state index >= 15 is 0 Å². The van der Waals surface area contributed by atoms with Crippen molar-refractivity contribution >= 4 is 15.9 Å². The second kappa shape index (κ2) is 8.67. The van der Waals surface area contributed by atoms with E-state index in [1.807, 2.05) is 7.05 Å². The van der Waals surface area contributed by atoms with Crippen LogP contribution in [0.2, 0.25) is 0 Å². The largest absolute Gasteiger partial charge is 0.381 e. The van der Waals surface area contributed by atoms with Gasteiger partial charge >= 0.3 is 0 Å². The zero-order chi connectivity index (χ0) is 12.5. The Labute approximate surface area is 113 Å². The van der Waals surface area contributed by atoms with Gasteiger partial charge in [-0.05, 0) is 43.5 Å². The third-order valence-electron chi connectivity index (χ3n) is 2.73. The van der Waals surface area contributed by atoms with E-state index in [2.05, 4.69) is 52.4 Å². The fraction of sp³-hybridized carbons (Fsp3) is 0.571. The molecule has 1 rings (SSSR count). The molecule has 0 bridgehead atoms. The minimum atomic E-state index is 0.523. The third-order valence-corrected chi connectivity index (χ3v) is 3.22. The summed E-state index contributed by atoms with van der Waals surface area (Å²) < 4.78 is 6.72. The van der Waals surface area contributed by atoms with Gasteiger partial charge in [0.15, 0.2) is 0 Å². The van der Waals surface area contributed by atoms with Gasteiger partial charge < -0.3 is 10.1 Å². The van der Waals surface area contributed by atoms with Crippen molar-refractivity contribution in [1.82, 2.24) is 5.32 Å². The molecular formula is C14H22BrNO. The first-order valence-electron chi connectivity index (χ1n) is 6.25. The van der Waals surface area contributed by atoms with Gasteiger partial charge in [-0.1, -0.05) is 35.0 Å². The Morgan fingerprint density at radius 1 is 1.35 bits per heavy atom. The van der Waals surface area contributed by atoms with E-state index < -0.39 is 0 Å². The molecule has 2 nitrogen and oxygen atoms in total. The molecule has 0 aliphatic heterocycles. The molecule has 0 heterocycles. The fourth-order valence-corrected chi connectivity index (χ4v) is 2.28. The van der Waals surface area contributed by atoms with Gasteiger partial charge in [0.2, 0.25) is 0 Å². The standard InChI is InChI=1S/C14H22BrNO/c1-3-8-17-9-7-13(11-16-2)12-5-4-6-14(15)10-12/h4-6,10,13,16H,3,7-9,11H2,1-2H3. The van der Waals surface area contributed by atoms with Crippen molar-refractivity contribution in [3.05, 3.63) is 34.3 Å². The Kier molecular flexibility index (Phi) is 7.49. The van der Waals surface area contributed by atoms with Crippen LogP contribution in [0, 0.1) is 0 Å². The lowest BCUT2D eigenvalue weighted by molar-refractivity contribution is 0.127. The second-order valence-corrected chi connectivity index (χ2v) is 5.13. The smallest absolute Gasteiger partial charge is 0.0472 e. The van der Waals surface area contributed by atoms with E-state index in [0.717, 1.165) is 37.1 Å². The average molecular weight is 300 g/mol. The van der Waals surface area contributed by atoms with Crippen molar-refractivity contribution in [3.63, 3.8) is 0 Å². The van der Waals surface area contributed by atoms with Crippen molar-refractivity contribution < 1.29 is 4.74 Å². The van der Waals surface area contributed by atoms with Crippen LogP contribution in [0.1, 0.15) is 31.2 Å². The second-order valence-electron chi connectivity index (χ2n) is 4.21. The van der Waals surface area contributed by atoms with Crippen LogP contribution in [0.4, 0.5) is 0 Å². The van der Waals surface area contributed by atoms with Crippen molar-refractivity contribution in [3.8, 4) is 0 Å². The average Bonchev–Trinajstić information content (AvgIpc) is 2.33. The lowest BCUT2D eigenvalue weighted by Gasteiger charge is -2.17. The quantitative estimate of drug-likeness (QED) is 0.741. The number of likely N-dealkylation sites (N-methyl/N-ethyl adjacent to an activating group) is 1. The number of rotatable bonds is 8. The summed E-state index contributed by atoms with van der Waals surface area (Å²) in [6.07, 6.45) is 2.16. The summed E-state index contributed by atoms with van der Waals surface area (Å²) in [7, 11) is 2.00. The third kappa shape index (κ3) is 5.66. The molecule has 0 saturated heterocycles. The van der Waals surface area contributed by atoms with Crippen molar-refractivity contribution in [2.45, 2.75) is 25.7 Å². The zero-order valence-electron chi connectivity index (χ0n) is 10.7. The van der Waals surface area contributed by atoms with E-state index in [4.69, 9.17) is 4.74 Å². The molecule has 1 unspecified atom stereocenters. The molecule has 1 N–H and O–H groups in total. The molecule has 0 aliphatic rings. The van der Waals surface area contributed by atoms with E-state index in [1.54, 1.807) is 0 Å². The van der Waals surface area contributed by atoms with E-state index in [0.29, 0.717) is 5.92 Å². The van der Waals surface area contributed by atoms with Crippen molar-refractivity contribution in [2.24, 2.45) is 0 Å². The number of nitrogens with one attached hydrogen (secondary N) is 1. The summed E-state index contributed by atoms with van der Waals surface area (Å²) in [6.45, 7) is 4.84. The molecule has 3 heteroatoms. The lowest BCUT2D eigenvalue weighted by Crippen LogP contribution is -2.19. The van der Waals surface area contributed by atoms with Gasteiger partial charge in [0.25, 0.3) is 0 Å². The predicted molar refractivity (Wildman–Crippen MR) is 76.5 cm³/mol. The Hall–Kier alpha value is -0.380. The number of ether oxygens (including phenoxy) is 1. The minimum absolute atomic E-state index is 0.523. The lowest BCUT2D eigenvalue weighted by atomic mass is 9.96. The highest BCUT2D eigenvalue weighted by atomic mass is 79.9. The number of hydrogen-bond donors (Lipinski definition) is 1. The number of hydrogen-bond acceptors (Lipinski definition) is 2. The van der Waals surface area contributed by atoms with Gasteiger partial charge in [0, 0.05) is 24.2 Å². The summed E-state index contributed by atoms with van der Waals surface area (Å²) in [5.74, 6) is 0.523. The van der Waals surface area contributed by atoms with Crippen LogP contribution in [0.5, 0.6) is 0 Å². The summed E-state index contributed by atoms with van der Waals surface area (Å²) in [5.41, 5.74) is 1.37. The van der Waals surface area contributed by atoms with Gasteiger partial charge in [0.1, 0.15) is 0 Å². The number of benzene rings is 1. The normalized spacial score (nSPS) is 12.6. The van der Waals surface area contributed by atoms with Crippen LogP contribution in [0.3, 0.4) is 0 Å². The molecule has 17 heavy (non-hydrogen) atoms. The molecule has 0 fully saturated rings. The topological polar surface area (TPSA) is 21.3 Å². The van der Waals surface area contributed by atoms with E-state index in [9.17, 15) is 0 Å². The van der Waals surface area contributed by atoms with Crippen LogP contribution >= 0.6 is 15.9 Å². The summed E-state index contributed by atoms with van der Waals surface area (Å²) in [4.78, 5) is 0. The maximum Gasteiger partial charge on any atom is 0.0472 e. The van der Waals surface area contributed by atoms with Gasteiger partial charge in [-0.3, -0.25) is 0 Å². The first-order valence-corrected chi connectivity index (χ1v) is 7.05. The summed E-state index contributed by atoms with van der Waals surface area (Å²) >= 11 is 3.52. The highest BCUT2D eigenvalue weighted by Gasteiger charge is 2.10. The Bertz CT molecular complexity index is 317. The molecule has 1 atom stereocenters. The van der Waals surface area contributed by atoms with Crippen molar-refractivity contribution in [1.29, 1.82) is 0 Å². The Balaban J connectivity index is 2.52. The zero-order valence-corrected chi connectivity index (χ0v) is 12.3. The van der Waals surface area contributed by atoms with E-state index in [-0.39, 0.29) is 0 Å².